The third-order valence-corrected chi connectivity index (χ3v) is 6.09. The van der Waals surface area contributed by atoms with E-state index in [4.69, 9.17) is 4.98 Å². The molecular weight excluding hydrogens is 440 g/mol. The van der Waals surface area contributed by atoms with E-state index in [2.05, 4.69) is 27.1 Å². The van der Waals surface area contributed by atoms with Crippen molar-refractivity contribution in [3.05, 3.63) is 78.6 Å². The first-order valence-electron chi connectivity index (χ1n) is 11.5. The van der Waals surface area contributed by atoms with Crippen LogP contribution < -0.4 is 5.32 Å². The number of amides is 2. The number of hydrogen-bond acceptors (Lipinski definition) is 5. The zero-order chi connectivity index (χ0) is 24.2. The first-order valence-corrected chi connectivity index (χ1v) is 11.5. The number of anilines is 1. The summed E-state index contributed by atoms with van der Waals surface area (Å²) in [5.41, 5.74) is 2.97. The molecule has 8 heteroatoms. The van der Waals surface area contributed by atoms with Gasteiger partial charge in [0.15, 0.2) is 0 Å². The Labute approximate surface area is 203 Å². The molecule has 35 heavy (non-hydrogen) atoms. The van der Waals surface area contributed by atoms with Crippen LogP contribution in [0.2, 0.25) is 0 Å². The summed E-state index contributed by atoms with van der Waals surface area (Å²) in [7, 11) is 0. The lowest BCUT2D eigenvalue weighted by Crippen LogP contribution is -2.38. The number of imidazole rings is 1. The second kappa shape index (κ2) is 9.77. The number of carbonyl (C=O) groups is 2. The van der Waals surface area contributed by atoms with Gasteiger partial charge in [0.1, 0.15) is 11.6 Å². The van der Waals surface area contributed by atoms with Crippen LogP contribution in [0.5, 0.6) is 0 Å². The van der Waals surface area contributed by atoms with Gasteiger partial charge in [0.2, 0.25) is 0 Å². The maximum atomic E-state index is 12.7. The zero-order valence-electron chi connectivity index (χ0n) is 19.3. The molecule has 0 saturated carbocycles. The summed E-state index contributed by atoms with van der Waals surface area (Å²) in [5, 5.41) is 2.79. The predicted molar refractivity (Wildman–Crippen MR) is 132 cm³/mol. The lowest BCUT2D eigenvalue weighted by Gasteiger charge is -2.33. The topological polar surface area (TPSA) is 92.5 Å². The van der Waals surface area contributed by atoms with Crippen LogP contribution in [0.4, 0.5) is 5.82 Å². The number of aromatic nitrogens is 4. The van der Waals surface area contributed by atoms with Gasteiger partial charge in [0, 0.05) is 36.3 Å². The molecule has 1 aliphatic heterocycles. The van der Waals surface area contributed by atoms with Crippen LogP contribution in [0.25, 0.3) is 16.8 Å². The van der Waals surface area contributed by atoms with Crippen LogP contribution >= 0.6 is 0 Å². The van der Waals surface area contributed by atoms with Crippen molar-refractivity contribution in [2.75, 3.05) is 11.9 Å². The Hall–Kier alpha value is -4.51. The van der Waals surface area contributed by atoms with Crippen LogP contribution in [-0.4, -0.2) is 42.6 Å². The number of fused-ring (bicyclic) bond motifs is 1. The second-order valence-corrected chi connectivity index (χ2v) is 8.28. The fourth-order valence-electron chi connectivity index (χ4n) is 4.44. The first-order chi connectivity index (χ1) is 17.2. The number of piperidine rings is 1. The SMILES string of the molecule is CC#CC(=O)N1CCCCC1c1nc(-c2ccc(C(=O)Nc3ccccn3)cc2)c2cnccn12. The Balaban J connectivity index is 1.48. The lowest BCUT2D eigenvalue weighted by molar-refractivity contribution is -0.129. The minimum Gasteiger partial charge on any atom is -0.322 e. The summed E-state index contributed by atoms with van der Waals surface area (Å²) >= 11 is 0. The van der Waals surface area contributed by atoms with E-state index < -0.39 is 0 Å². The number of nitrogens with one attached hydrogen (secondary N) is 1. The standard InChI is InChI=1S/C27H24N6O2/c1-2-7-24(34)32-16-6-4-8-21(32)26-31-25(22-18-28-15-17-33(22)26)19-10-12-20(13-11-19)27(35)30-23-9-3-5-14-29-23/h3,5,9-15,17-18,21H,4,6,8,16H2,1H3,(H,29,30,35). The number of carbonyl (C=O) groups excluding carboxylic acids is 2. The van der Waals surface area contributed by atoms with Gasteiger partial charge in [0.05, 0.1) is 23.4 Å². The van der Waals surface area contributed by atoms with E-state index >= 15 is 0 Å². The average molecular weight is 465 g/mol. The molecule has 8 nitrogen and oxygen atoms in total. The molecule has 1 atom stereocenters. The van der Waals surface area contributed by atoms with Crippen LogP contribution in [0.1, 0.15) is 48.4 Å². The van der Waals surface area contributed by atoms with E-state index in [0.29, 0.717) is 17.9 Å². The van der Waals surface area contributed by atoms with E-state index in [1.54, 1.807) is 49.8 Å². The molecule has 3 aromatic heterocycles. The molecule has 0 radical (unpaired) electrons. The average Bonchev–Trinajstić information content (AvgIpc) is 3.29. The van der Waals surface area contributed by atoms with Crippen molar-refractivity contribution in [3.8, 4) is 23.1 Å². The highest BCUT2D eigenvalue weighted by Gasteiger charge is 2.31. The van der Waals surface area contributed by atoms with E-state index in [1.807, 2.05) is 33.7 Å². The maximum absolute atomic E-state index is 12.7. The highest BCUT2D eigenvalue weighted by Crippen LogP contribution is 2.34. The number of benzene rings is 1. The molecule has 174 valence electrons. The second-order valence-electron chi connectivity index (χ2n) is 8.28. The van der Waals surface area contributed by atoms with Gasteiger partial charge in [-0.3, -0.25) is 19.0 Å². The summed E-state index contributed by atoms with van der Waals surface area (Å²) in [6, 6.07) is 12.5. The van der Waals surface area contributed by atoms with Crippen LogP contribution in [-0.2, 0) is 4.79 Å². The summed E-state index contributed by atoms with van der Waals surface area (Å²) in [6.07, 6.45) is 9.78. The minimum absolute atomic E-state index is 0.163. The Bertz CT molecular complexity index is 1430. The maximum Gasteiger partial charge on any atom is 0.299 e. The van der Waals surface area contributed by atoms with E-state index in [1.165, 1.54) is 0 Å². The third kappa shape index (κ3) is 4.49. The molecule has 0 spiro atoms. The van der Waals surface area contributed by atoms with Crippen molar-refractivity contribution in [3.63, 3.8) is 0 Å². The Morgan fingerprint density at radius 3 is 2.71 bits per heavy atom. The van der Waals surface area contributed by atoms with E-state index in [0.717, 1.165) is 41.9 Å². The van der Waals surface area contributed by atoms with Crippen LogP contribution in [0, 0.1) is 11.8 Å². The normalized spacial score (nSPS) is 15.3. The lowest BCUT2D eigenvalue weighted by atomic mass is 10.0. The summed E-state index contributed by atoms with van der Waals surface area (Å²) < 4.78 is 2.00. The molecule has 1 fully saturated rings. The molecule has 1 aromatic carbocycles. The Morgan fingerprint density at radius 1 is 1.09 bits per heavy atom. The van der Waals surface area contributed by atoms with Gasteiger partial charge < -0.3 is 10.2 Å². The zero-order valence-corrected chi connectivity index (χ0v) is 19.3. The van der Waals surface area contributed by atoms with Crippen LogP contribution in [0.15, 0.2) is 67.3 Å². The van der Waals surface area contributed by atoms with Crippen molar-refractivity contribution in [1.82, 2.24) is 24.3 Å². The summed E-state index contributed by atoms with van der Waals surface area (Å²) in [6.45, 7) is 2.33. The molecule has 1 aliphatic rings. The van der Waals surface area contributed by atoms with Crippen molar-refractivity contribution >= 4 is 23.1 Å². The molecule has 2 amide bonds. The van der Waals surface area contributed by atoms with Gasteiger partial charge in [-0.15, -0.1) is 0 Å². The van der Waals surface area contributed by atoms with Gasteiger partial charge in [-0.25, -0.2) is 9.97 Å². The van der Waals surface area contributed by atoms with Crippen molar-refractivity contribution in [1.29, 1.82) is 0 Å². The predicted octanol–water partition coefficient (Wildman–Crippen LogP) is 4.12. The van der Waals surface area contributed by atoms with Crippen LogP contribution in [0.3, 0.4) is 0 Å². The summed E-state index contributed by atoms with van der Waals surface area (Å²) in [4.78, 5) is 40.5. The monoisotopic (exact) mass is 464 g/mol. The Morgan fingerprint density at radius 2 is 1.94 bits per heavy atom. The number of hydrogen-bond donors (Lipinski definition) is 1. The highest BCUT2D eigenvalue weighted by molar-refractivity contribution is 6.04. The van der Waals surface area contributed by atoms with Crippen molar-refractivity contribution in [2.24, 2.45) is 0 Å². The number of nitrogens with zero attached hydrogens (tertiary/aromatic N) is 5. The third-order valence-electron chi connectivity index (χ3n) is 6.09. The Kier molecular flexibility index (Phi) is 6.22. The smallest absolute Gasteiger partial charge is 0.299 e. The molecular formula is C27H24N6O2. The molecule has 5 rings (SSSR count). The fraction of sp³-hybridized carbons (Fsp3) is 0.222. The van der Waals surface area contributed by atoms with Crippen molar-refractivity contribution in [2.45, 2.75) is 32.2 Å². The molecule has 1 N–H and O–H groups in total. The first kappa shape index (κ1) is 22.3. The molecule has 4 aromatic rings. The van der Waals surface area contributed by atoms with Crippen molar-refractivity contribution < 1.29 is 9.59 Å². The number of pyridine rings is 1. The minimum atomic E-state index is -0.235. The number of rotatable bonds is 4. The highest BCUT2D eigenvalue weighted by atomic mass is 16.2. The van der Waals surface area contributed by atoms with Gasteiger partial charge in [0.25, 0.3) is 11.8 Å². The number of likely N-dealkylation sites (tertiary alicyclic amines) is 1. The molecule has 0 bridgehead atoms. The van der Waals surface area contributed by atoms with E-state index in [-0.39, 0.29) is 17.9 Å². The molecule has 1 saturated heterocycles. The van der Waals surface area contributed by atoms with Gasteiger partial charge in [-0.1, -0.05) is 24.1 Å². The van der Waals surface area contributed by atoms with Gasteiger partial charge >= 0.3 is 0 Å². The fourth-order valence-corrected chi connectivity index (χ4v) is 4.44. The molecule has 0 aliphatic carbocycles. The quantitative estimate of drug-likeness (QED) is 0.459. The molecule has 1 unspecified atom stereocenters. The summed E-state index contributed by atoms with van der Waals surface area (Å²) in [5.74, 6) is 6.28. The van der Waals surface area contributed by atoms with Gasteiger partial charge in [-0.2, -0.15) is 0 Å². The largest absolute Gasteiger partial charge is 0.322 e. The van der Waals surface area contributed by atoms with Gasteiger partial charge in [-0.05, 0) is 56.4 Å². The van der Waals surface area contributed by atoms with E-state index in [9.17, 15) is 9.59 Å². The molecule has 4 heterocycles.